The van der Waals surface area contributed by atoms with Crippen molar-refractivity contribution in [1.29, 1.82) is 0 Å². The number of hydrogen-bond donors (Lipinski definition) is 1. The average Bonchev–Trinajstić information content (AvgIpc) is 2.41. The molecule has 0 spiro atoms. The predicted molar refractivity (Wildman–Crippen MR) is 49.1 cm³/mol. The molecule has 3 heteroatoms. The summed E-state index contributed by atoms with van der Waals surface area (Å²) in [7, 11) is 0. The summed E-state index contributed by atoms with van der Waals surface area (Å²) in [4.78, 5) is 11.3. The average molecular weight is 183 g/mol. The Hall–Kier alpha value is -0.570. The molecule has 3 saturated carbocycles. The number of esters is 1. The molecule has 3 rings (SSSR count). The fourth-order valence-corrected chi connectivity index (χ4v) is 3.04. The third-order valence-corrected chi connectivity index (χ3v) is 3.43. The van der Waals surface area contributed by atoms with Gasteiger partial charge in [0.2, 0.25) is 0 Å². The van der Waals surface area contributed by atoms with Gasteiger partial charge in [0.05, 0.1) is 13.0 Å². The second kappa shape index (κ2) is 2.71. The Kier molecular flexibility index (Phi) is 1.88. The van der Waals surface area contributed by atoms with E-state index in [0.717, 1.165) is 25.7 Å². The zero-order chi connectivity index (χ0) is 9.53. The summed E-state index contributed by atoms with van der Waals surface area (Å²) in [5, 5.41) is 0. The molecular formula is C10H17NO2. The fourth-order valence-electron chi connectivity index (χ4n) is 3.04. The lowest BCUT2D eigenvalue weighted by atomic mass is 9.64. The molecule has 0 atom stereocenters. The van der Waals surface area contributed by atoms with Crippen molar-refractivity contribution >= 4 is 5.97 Å². The van der Waals surface area contributed by atoms with Crippen LogP contribution in [0.15, 0.2) is 0 Å². The molecule has 0 amide bonds. The molecular weight excluding hydrogens is 166 g/mol. The van der Waals surface area contributed by atoms with E-state index < -0.39 is 0 Å². The lowest BCUT2D eigenvalue weighted by Gasteiger charge is -2.44. The van der Waals surface area contributed by atoms with Crippen LogP contribution in [0.3, 0.4) is 0 Å². The topological polar surface area (TPSA) is 52.3 Å². The van der Waals surface area contributed by atoms with Gasteiger partial charge in [-0.2, -0.15) is 0 Å². The summed E-state index contributed by atoms with van der Waals surface area (Å²) >= 11 is 0. The molecule has 74 valence electrons. The highest BCUT2D eigenvalue weighted by Gasteiger charge is 2.59. The smallest absolute Gasteiger partial charge is 0.306 e. The van der Waals surface area contributed by atoms with Gasteiger partial charge in [0.25, 0.3) is 0 Å². The van der Waals surface area contributed by atoms with Gasteiger partial charge < -0.3 is 10.5 Å². The Morgan fingerprint density at radius 3 is 2.62 bits per heavy atom. The molecule has 3 nitrogen and oxygen atoms in total. The first-order valence-corrected chi connectivity index (χ1v) is 5.02. The standard InChI is InChI=1S/C10H17NO2/c1-2-13-8(12)5-9-3-4-10(11,6-9)7-9/h2-7,11H2,1H3. The van der Waals surface area contributed by atoms with Gasteiger partial charge in [-0.05, 0) is 38.0 Å². The molecule has 0 aromatic carbocycles. The molecule has 2 N–H and O–H groups in total. The van der Waals surface area contributed by atoms with Crippen molar-refractivity contribution in [2.24, 2.45) is 11.1 Å². The maximum absolute atomic E-state index is 11.3. The van der Waals surface area contributed by atoms with Crippen molar-refractivity contribution in [3.05, 3.63) is 0 Å². The van der Waals surface area contributed by atoms with Gasteiger partial charge in [-0.25, -0.2) is 0 Å². The Morgan fingerprint density at radius 1 is 1.46 bits per heavy atom. The Labute approximate surface area is 78.6 Å². The first-order valence-electron chi connectivity index (χ1n) is 5.02. The van der Waals surface area contributed by atoms with Crippen LogP contribution in [0.4, 0.5) is 0 Å². The molecule has 0 heterocycles. The van der Waals surface area contributed by atoms with Crippen LogP contribution in [0.2, 0.25) is 0 Å². The normalized spacial score (nSPS) is 41.4. The molecule has 3 aliphatic rings. The van der Waals surface area contributed by atoms with Gasteiger partial charge in [0.15, 0.2) is 0 Å². The minimum atomic E-state index is -0.0496. The van der Waals surface area contributed by atoms with Gasteiger partial charge in [-0.1, -0.05) is 0 Å². The number of fused-ring (bicyclic) bond motifs is 1. The quantitative estimate of drug-likeness (QED) is 0.669. The van der Waals surface area contributed by atoms with Crippen LogP contribution in [0.1, 0.15) is 39.0 Å². The highest BCUT2D eigenvalue weighted by molar-refractivity contribution is 5.70. The predicted octanol–water partition coefficient (Wildman–Crippen LogP) is 1.21. The number of hydrogen-bond acceptors (Lipinski definition) is 3. The number of nitrogens with two attached hydrogens (primary N) is 1. The second-order valence-corrected chi connectivity index (χ2v) is 4.70. The minimum absolute atomic E-state index is 0.0496. The van der Waals surface area contributed by atoms with Gasteiger partial charge in [-0.3, -0.25) is 4.79 Å². The van der Waals surface area contributed by atoms with Crippen molar-refractivity contribution in [2.75, 3.05) is 6.61 Å². The molecule has 3 fully saturated rings. The van der Waals surface area contributed by atoms with E-state index >= 15 is 0 Å². The molecule has 13 heavy (non-hydrogen) atoms. The molecule has 0 aromatic heterocycles. The number of carbonyl (C=O) groups excluding carboxylic acids is 1. The number of rotatable bonds is 3. The molecule has 0 radical (unpaired) electrons. The van der Waals surface area contributed by atoms with Gasteiger partial charge in [-0.15, -0.1) is 0 Å². The van der Waals surface area contributed by atoms with Gasteiger partial charge in [0, 0.05) is 5.54 Å². The zero-order valence-electron chi connectivity index (χ0n) is 8.14. The van der Waals surface area contributed by atoms with Crippen LogP contribution in [-0.4, -0.2) is 18.1 Å². The fraction of sp³-hybridized carbons (Fsp3) is 0.900. The van der Waals surface area contributed by atoms with E-state index in [1.165, 1.54) is 0 Å². The van der Waals surface area contributed by atoms with E-state index in [1.54, 1.807) is 0 Å². The van der Waals surface area contributed by atoms with Crippen molar-refractivity contribution in [3.63, 3.8) is 0 Å². The van der Waals surface area contributed by atoms with Crippen LogP contribution in [0, 0.1) is 5.41 Å². The van der Waals surface area contributed by atoms with Crippen LogP contribution in [0.25, 0.3) is 0 Å². The summed E-state index contributed by atoms with van der Waals surface area (Å²) in [6, 6.07) is 0. The van der Waals surface area contributed by atoms with E-state index in [9.17, 15) is 4.79 Å². The molecule has 0 aromatic rings. The SMILES string of the molecule is CCOC(=O)CC12CCC(N)(C1)C2. The second-order valence-electron chi connectivity index (χ2n) is 4.70. The molecule has 0 saturated heterocycles. The zero-order valence-corrected chi connectivity index (χ0v) is 8.14. The molecule has 3 aliphatic carbocycles. The number of ether oxygens (including phenoxy) is 1. The third-order valence-electron chi connectivity index (χ3n) is 3.43. The van der Waals surface area contributed by atoms with Crippen molar-refractivity contribution < 1.29 is 9.53 Å². The van der Waals surface area contributed by atoms with Gasteiger partial charge >= 0.3 is 5.97 Å². The van der Waals surface area contributed by atoms with E-state index in [4.69, 9.17) is 10.5 Å². The van der Waals surface area contributed by atoms with Crippen LogP contribution >= 0.6 is 0 Å². The maximum Gasteiger partial charge on any atom is 0.306 e. The highest BCUT2D eigenvalue weighted by atomic mass is 16.5. The van der Waals surface area contributed by atoms with Crippen molar-refractivity contribution in [1.82, 2.24) is 0 Å². The van der Waals surface area contributed by atoms with Crippen LogP contribution in [0.5, 0.6) is 0 Å². The van der Waals surface area contributed by atoms with Crippen molar-refractivity contribution in [2.45, 2.75) is 44.6 Å². The van der Waals surface area contributed by atoms with E-state index in [-0.39, 0.29) is 16.9 Å². The summed E-state index contributed by atoms with van der Waals surface area (Å²) in [6.45, 7) is 2.33. The minimum Gasteiger partial charge on any atom is -0.466 e. The molecule has 0 unspecified atom stereocenters. The van der Waals surface area contributed by atoms with E-state index in [2.05, 4.69) is 0 Å². The molecule has 0 aliphatic heterocycles. The third kappa shape index (κ3) is 1.46. The van der Waals surface area contributed by atoms with E-state index in [1.807, 2.05) is 6.92 Å². The lowest BCUT2D eigenvalue weighted by Crippen LogP contribution is -2.50. The summed E-state index contributed by atoms with van der Waals surface area (Å²) in [5.74, 6) is -0.0496. The Balaban J connectivity index is 1.87. The largest absolute Gasteiger partial charge is 0.466 e. The first kappa shape index (κ1) is 9.00. The summed E-state index contributed by atoms with van der Waals surface area (Å²) in [6.07, 6.45) is 4.84. The van der Waals surface area contributed by atoms with Gasteiger partial charge in [0.1, 0.15) is 0 Å². The van der Waals surface area contributed by atoms with Crippen molar-refractivity contribution in [3.8, 4) is 0 Å². The summed E-state index contributed by atoms with van der Waals surface area (Å²) in [5.41, 5.74) is 6.33. The highest BCUT2D eigenvalue weighted by Crippen LogP contribution is 2.61. The lowest BCUT2D eigenvalue weighted by molar-refractivity contribution is -0.147. The first-order chi connectivity index (χ1) is 6.08. The van der Waals surface area contributed by atoms with Crippen LogP contribution in [-0.2, 0) is 9.53 Å². The monoisotopic (exact) mass is 183 g/mol. The number of carbonyl (C=O) groups is 1. The van der Waals surface area contributed by atoms with Crippen LogP contribution < -0.4 is 5.73 Å². The maximum atomic E-state index is 11.3. The van der Waals surface area contributed by atoms with E-state index in [0.29, 0.717) is 13.0 Å². The Morgan fingerprint density at radius 2 is 2.15 bits per heavy atom. The molecule has 2 bridgehead atoms. The summed E-state index contributed by atoms with van der Waals surface area (Å²) < 4.78 is 4.95. The Bertz CT molecular complexity index is 231.